The number of aliphatic hydroxyl groups excluding tert-OH is 1. The number of hydrogen-bond donors (Lipinski definition) is 2. The van der Waals surface area contributed by atoms with E-state index in [2.05, 4.69) is 15.4 Å². The van der Waals surface area contributed by atoms with Crippen LogP contribution in [-0.4, -0.2) is 32.9 Å². The third-order valence-electron chi connectivity index (χ3n) is 2.40. The Balaban J connectivity index is 2.13. The molecule has 2 rings (SSSR count). The average Bonchev–Trinajstić information content (AvgIpc) is 2.67. The van der Waals surface area contributed by atoms with Crippen molar-refractivity contribution in [3.8, 4) is 0 Å². The lowest BCUT2D eigenvalue weighted by molar-refractivity contribution is 0.244. The first-order valence-electron chi connectivity index (χ1n) is 5.37. The molecule has 16 heavy (non-hydrogen) atoms. The van der Waals surface area contributed by atoms with E-state index >= 15 is 0 Å². The molecule has 2 aromatic rings. The lowest BCUT2D eigenvalue weighted by Gasteiger charge is -2.06. The molecule has 0 bridgehead atoms. The van der Waals surface area contributed by atoms with Gasteiger partial charge in [-0.15, -0.1) is 5.10 Å². The molecule has 0 aliphatic heterocycles. The Bertz CT molecular complexity index is 480. The molecular formula is C11H16N4O. The third kappa shape index (κ3) is 2.30. The van der Waals surface area contributed by atoms with Crippen molar-refractivity contribution < 1.29 is 5.11 Å². The van der Waals surface area contributed by atoms with E-state index in [0.717, 1.165) is 11.2 Å². The van der Waals surface area contributed by atoms with E-state index in [4.69, 9.17) is 5.11 Å². The first-order chi connectivity index (χ1) is 7.69. The van der Waals surface area contributed by atoms with Gasteiger partial charge in [-0.25, -0.2) is 4.52 Å². The molecule has 2 N–H and O–H groups in total. The lowest BCUT2D eigenvalue weighted by atomic mass is 10.2. The van der Waals surface area contributed by atoms with Crippen molar-refractivity contribution in [1.29, 1.82) is 0 Å². The highest BCUT2D eigenvalue weighted by atomic mass is 16.3. The Kier molecular flexibility index (Phi) is 3.05. The highest BCUT2D eigenvalue weighted by molar-refractivity contribution is 5.44. The fourth-order valence-electron chi connectivity index (χ4n) is 1.39. The van der Waals surface area contributed by atoms with Crippen LogP contribution in [0, 0.1) is 12.8 Å². The van der Waals surface area contributed by atoms with E-state index in [9.17, 15) is 0 Å². The molecule has 2 heterocycles. The van der Waals surface area contributed by atoms with Crippen LogP contribution in [-0.2, 0) is 0 Å². The second kappa shape index (κ2) is 4.49. The van der Waals surface area contributed by atoms with E-state index in [-0.39, 0.29) is 12.5 Å². The van der Waals surface area contributed by atoms with Crippen molar-refractivity contribution in [2.45, 2.75) is 13.8 Å². The first kappa shape index (κ1) is 10.9. The van der Waals surface area contributed by atoms with Crippen LogP contribution in [0.3, 0.4) is 0 Å². The van der Waals surface area contributed by atoms with Crippen LogP contribution >= 0.6 is 0 Å². The van der Waals surface area contributed by atoms with Crippen LogP contribution < -0.4 is 5.32 Å². The van der Waals surface area contributed by atoms with Gasteiger partial charge < -0.3 is 10.4 Å². The number of aryl methyl sites for hydroxylation is 1. The van der Waals surface area contributed by atoms with Gasteiger partial charge >= 0.3 is 0 Å². The molecule has 5 heteroatoms. The van der Waals surface area contributed by atoms with Crippen LogP contribution in [0.5, 0.6) is 0 Å². The molecule has 0 saturated heterocycles. The number of fused-ring (bicyclic) bond motifs is 1. The molecule has 0 amide bonds. The van der Waals surface area contributed by atoms with Gasteiger partial charge in [-0.2, -0.15) is 4.98 Å². The Morgan fingerprint density at radius 3 is 3.06 bits per heavy atom. The molecule has 0 aromatic carbocycles. The summed E-state index contributed by atoms with van der Waals surface area (Å²) in [5.74, 6) is 0.805. The van der Waals surface area contributed by atoms with Crippen molar-refractivity contribution in [3.63, 3.8) is 0 Å². The maximum absolute atomic E-state index is 8.90. The van der Waals surface area contributed by atoms with Crippen molar-refractivity contribution >= 4 is 11.6 Å². The number of hydrogen-bond acceptors (Lipinski definition) is 4. The summed E-state index contributed by atoms with van der Waals surface area (Å²) in [5.41, 5.74) is 1.97. The van der Waals surface area contributed by atoms with Crippen LogP contribution in [0.25, 0.3) is 5.65 Å². The zero-order valence-electron chi connectivity index (χ0n) is 9.51. The monoisotopic (exact) mass is 220 g/mol. The van der Waals surface area contributed by atoms with Crippen LogP contribution in [0.15, 0.2) is 18.3 Å². The van der Waals surface area contributed by atoms with Gasteiger partial charge in [0.1, 0.15) is 0 Å². The molecule has 1 unspecified atom stereocenters. The average molecular weight is 220 g/mol. The molecule has 5 nitrogen and oxygen atoms in total. The maximum Gasteiger partial charge on any atom is 0.243 e. The Hall–Kier alpha value is -1.62. The molecule has 0 fully saturated rings. The van der Waals surface area contributed by atoms with E-state index < -0.39 is 0 Å². The summed E-state index contributed by atoms with van der Waals surface area (Å²) >= 11 is 0. The number of nitrogens with one attached hydrogen (secondary N) is 1. The number of rotatable bonds is 4. The van der Waals surface area contributed by atoms with Gasteiger partial charge in [0, 0.05) is 19.3 Å². The quantitative estimate of drug-likeness (QED) is 0.809. The summed E-state index contributed by atoms with van der Waals surface area (Å²) in [5, 5.41) is 16.3. The summed E-state index contributed by atoms with van der Waals surface area (Å²) in [6.45, 7) is 4.82. The molecule has 0 saturated carbocycles. The Morgan fingerprint density at radius 1 is 1.50 bits per heavy atom. The topological polar surface area (TPSA) is 62.5 Å². The van der Waals surface area contributed by atoms with Crippen LogP contribution in [0.4, 0.5) is 5.95 Å². The van der Waals surface area contributed by atoms with Crippen molar-refractivity contribution in [3.05, 3.63) is 23.9 Å². The number of aliphatic hydroxyl groups is 1. The Morgan fingerprint density at radius 2 is 2.31 bits per heavy atom. The molecule has 0 radical (unpaired) electrons. The molecule has 1 atom stereocenters. The van der Waals surface area contributed by atoms with Crippen LogP contribution in [0.1, 0.15) is 12.5 Å². The number of aromatic nitrogens is 3. The standard InChI is InChI=1S/C11H16N4O/c1-8-3-4-10-13-11(14-15(10)6-8)12-5-9(2)7-16/h3-4,6,9,16H,5,7H2,1-2H3,(H,12,14). The second-order valence-electron chi connectivity index (χ2n) is 4.11. The summed E-state index contributed by atoms with van der Waals surface area (Å²) < 4.78 is 1.75. The second-order valence-corrected chi connectivity index (χ2v) is 4.11. The minimum Gasteiger partial charge on any atom is -0.396 e. The van der Waals surface area contributed by atoms with Gasteiger partial charge in [-0.1, -0.05) is 13.0 Å². The molecular weight excluding hydrogens is 204 g/mol. The third-order valence-corrected chi connectivity index (χ3v) is 2.40. The van der Waals surface area contributed by atoms with Gasteiger partial charge in [0.25, 0.3) is 0 Å². The van der Waals surface area contributed by atoms with Crippen molar-refractivity contribution in [2.24, 2.45) is 5.92 Å². The van der Waals surface area contributed by atoms with Crippen molar-refractivity contribution in [1.82, 2.24) is 14.6 Å². The maximum atomic E-state index is 8.90. The summed E-state index contributed by atoms with van der Waals surface area (Å²) in [6, 6.07) is 3.94. The normalized spacial score (nSPS) is 12.9. The van der Waals surface area contributed by atoms with Gasteiger partial charge in [-0.05, 0) is 24.5 Å². The molecule has 86 valence electrons. The minimum absolute atomic E-state index is 0.166. The van der Waals surface area contributed by atoms with E-state index in [0.29, 0.717) is 12.5 Å². The zero-order valence-corrected chi connectivity index (χ0v) is 9.51. The fourth-order valence-corrected chi connectivity index (χ4v) is 1.39. The summed E-state index contributed by atoms with van der Waals surface area (Å²) in [4.78, 5) is 4.32. The van der Waals surface area contributed by atoms with E-state index in [1.807, 2.05) is 32.2 Å². The van der Waals surface area contributed by atoms with Gasteiger partial charge in [-0.3, -0.25) is 0 Å². The highest BCUT2D eigenvalue weighted by Crippen LogP contribution is 2.07. The molecule has 0 spiro atoms. The minimum atomic E-state index is 0.166. The fraction of sp³-hybridized carbons (Fsp3) is 0.455. The van der Waals surface area contributed by atoms with E-state index in [1.165, 1.54) is 0 Å². The number of pyridine rings is 1. The lowest BCUT2D eigenvalue weighted by Crippen LogP contribution is -2.15. The molecule has 0 aliphatic carbocycles. The Labute approximate surface area is 94.1 Å². The summed E-state index contributed by atoms with van der Waals surface area (Å²) in [6.07, 6.45) is 1.93. The van der Waals surface area contributed by atoms with Gasteiger partial charge in [0.15, 0.2) is 5.65 Å². The summed E-state index contributed by atoms with van der Waals surface area (Å²) in [7, 11) is 0. The number of nitrogens with zero attached hydrogens (tertiary/aromatic N) is 3. The molecule has 0 aliphatic rings. The highest BCUT2D eigenvalue weighted by Gasteiger charge is 2.04. The smallest absolute Gasteiger partial charge is 0.243 e. The molecule has 2 aromatic heterocycles. The van der Waals surface area contributed by atoms with E-state index in [1.54, 1.807) is 4.52 Å². The van der Waals surface area contributed by atoms with Crippen LogP contribution in [0.2, 0.25) is 0 Å². The van der Waals surface area contributed by atoms with Gasteiger partial charge in [0.05, 0.1) is 0 Å². The van der Waals surface area contributed by atoms with Gasteiger partial charge in [0.2, 0.25) is 5.95 Å². The van der Waals surface area contributed by atoms with Crippen molar-refractivity contribution in [2.75, 3.05) is 18.5 Å². The number of anilines is 1. The largest absolute Gasteiger partial charge is 0.396 e. The SMILES string of the molecule is Cc1ccc2nc(NCC(C)CO)nn2c1. The predicted octanol–water partition coefficient (Wildman–Crippen LogP) is 1.08. The zero-order chi connectivity index (χ0) is 11.5. The first-order valence-corrected chi connectivity index (χ1v) is 5.37. The predicted molar refractivity (Wildman–Crippen MR) is 62.5 cm³/mol.